The monoisotopic (exact) mass is 496 g/mol. The number of ether oxygens (including phenoxy) is 2. The van der Waals surface area contributed by atoms with E-state index >= 15 is 0 Å². The lowest BCUT2D eigenvalue weighted by Gasteiger charge is -2.23. The third kappa shape index (κ3) is 6.18. The van der Waals surface area contributed by atoms with E-state index in [2.05, 4.69) is 26.6 Å². The first kappa shape index (κ1) is 23.5. The van der Waals surface area contributed by atoms with Gasteiger partial charge in [0.1, 0.15) is 5.75 Å². The number of halogens is 1. The minimum absolute atomic E-state index is 0.0335. The van der Waals surface area contributed by atoms with Gasteiger partial charge in [-0.2, -0.15) is 0 Å². The topological polar surface area (TPSA) is 76.7 Å². The molecule has 3 aromatic carbocycles. The number of benzene rings is 3. The third-order valence-corrected chi connectivity index (χ3v) is 5.31. The molecule has 1 atom stereocenters. The maximum Gasteiger partial charge on any atom is 0.319 e. The largest absolute Gasteiger partial charge is 0.497 e. The Kier molecular flexibility index (Phi) is 8.41. The Morgan fingerprint density at radius 3 is 2.38 bits per heavy atom. The van der Waals surface area contributed by atoms with Gasteiger partial charge in [-0.25, -0.2) is 0 Å². The molecule has 0 radical (unpaired) electrons. The standard InChI is InChI=1S/C25H25BrN2O4/c1-3-32-23(29)16-27-24(17-7-5-4-6-8-17)21-15-19(26)11-14-22(21)28-25(30)18-9-12-20(31-2)13-10-18/h4-15,24,27H,3,16H2,1-2H3,(H,28,30). The maximum atomic E-state index is 12.9. The third-order valence-electron chi connectivity index (χ3n) is 4.81. The van der Waals surface area contributed by atoms with Crippen molar-refractivity contribution < 1.29 is 19.1 Å². The molecule has 0 fully saturated rings. The van der Waals surface area contributed by atoms with Crippen molar-refractivity contribution >= 4 is 33.5 Å². The van der Waals surface area contributed by atoms with Crippen LogP contribution in [0.25, 0.3) is 0 Å². The van der Waals surface area contributed by atoms with Crippen molar-refractivity contribution in [2.24, 2.45) is 0 Å². The summed E-state index contributed by atoms with van der Waals surface area (Å²) in [6, 6.07) is 21.9. The first-order valence-electron chi connectivity index (χ1n) is 10.2. The molecule has 3 aromatic rings. The van der Waals surface area contributed by atoms with Gasteiger partial charge in [0.2, 0.25) is 0 Å². The molecule has 0 saturated carbocycles. The van der Waals surface area contributed by atoms with Crippen molar-refractivity contribution in [1.29, 1.82) is 0 Å². The summed E-state index contributed by atoms with van der Waals surface area (Å²) >= 11 is 3.52. The quantitative estimate of drug-likeness (QED) is 0.409. The van der Waals surface area contributed by atoms with Gasteiger partial charge in [0.15, 0.2) is 0 Å². The second kappa shape index (κ2) is 11.5. The van der Waals surface area contributed by atoms with E-state index in [-0.39, 0.29) is 24.5 Å². The van der Waals surface area contributed by atoms with Gasteiger partial charge in [-0.3, -0.25) is 14.9 Å². The second-order valence-corrected chi connectivity index (χ2v) is 7.86. The zero-order valence-electron chi connectivity index (χ0n) is 17.9. The molecule has 0 aromatic heterocycles. The van der Waals surface area contributed by atoms with Crippen molar-refractivity contribution in [3.63, 3.8) is 0 Å². The molecule has 0 aliphatic rings. The molecule has 1 amide bonds. The summed E-state index contributed by atoms with van der Waals surface area (Å²) in [4.78, 5) is 24.9. The maximum absolute atomic E-state index is 12.9. The molecule has 0 saturated heterocycles. The summed E-state index contributed by atoms with van der Waals surface area (Å²) in [5.74, 6) is 0.0962. The van der Waals surface area contributed by atoms with Crippen LogP contribution in [0.3, 0.4) is 0 Å². The van der Waals surface area contributed by atoms with E-state index in [0.717, 1.165) is 15.6 Å². The summed E-state index contributed by atoms with van der Waals surface area (Å²) < 4.78 is 11.1. The fraction of sp³-hybridized carbons (Fsp3) is 0.200. The minimum Gasteiger partial charge on any atom is -0.497 e. The Morgan fingerprint density at radius 2 is 1.72 bits per heavy atom. The van der Waals surface area contributed by atoms with Gasteiger partial charge in [0, 0.05) is 15.7 Å². The first-order chi connectivity index (χ1) is 15.5. The van der Waals surface area contributed by atoms with Gasteiger partial charge in [0.05, 0.1) is 26.3 Å². The number of anilines is 1. The van der Waals surface area contributed by atoms with Crippen LogP contribution in [0.4, 0.5) is 5.69 Å². The van der Waals surface area contributed by atoms with Crippen molar-refractivity contribution in [3.8, 4) is 5.75 Å². The lowest BCUT2D eigenvalue weighted by molar-refractivity contribution is -0.142. The van der Waals surface area contributed by atoms with E-state index in [1.807, 2.05) is 48.5 Å². The highest BCUT2D eigenvalue weighted by Crippen LogP contribution is 2.31. The summed E-state index contributed by atoms with van der Waals surface area (Å²) in [5, 5.41) is 6.27. The molecule has 0 bridgehead atoms. The van der Waals surface area contributed by atoms with Gasteiger partial charge >= 0.3 is 5.97 Å². The van der Waals surface area contributed by atoms with Crippen LogP contribution in [0, 0.1) is 0 Å². The molecular formula is C25H25BrN2O4. The number of carbonyl (C=O) groups is 2. The molecular weight excluding hydrogens is 472 g/mol. The molecule has 7 heteroatoms. The molecule has 0 aliphatic carbocycles. The van der Waals surface area contributed by atoms with Crippen LogP contribution in [-0.4, -0.2) is 32.1 Å². The number of rotatable bonds is 9. The summed E-state index contributed by atoms with van der Waals surface area (Å²) in [6.45, 7) is 2.12. The Hall–Kier alpha value is -3.16. The molecule has 32 heavy (non-hydrogen) atoms. The summed E-state index contributed by atoms with van der Waals surface area (Å²) in [6.07, 6.45) is 0. The highest BCUT2D eigenvalue weighted by Gasteiger charge is 2.20. The van der Waals surface area contributed by atoms with E-state index in [4.69, 9.17) is 9.47 Å². The van der Waals surface area contributed by atoms with Crippen LogP contribution >= 0.6 is 15.9 Å². The molecule has 0 spiro atoms. The number of hydrogen-bond donors (Lipinski definition) is 2. The fourth-order valence-corrected chi connectivity index (χ4v) is 3.65. The zero-order chi connectivity index (χ0) is 22.9. The predicted molar refractivity (Wildman–Crippen MR) is 128 cm³/mol. The van der Waals surface area contributed by atoms with E-state index in [9.17, 15) is 9.59 Å². The lowest BCUT2D eigenvalue weighted by Crippen LogP contribution is -2.30. The van der Waals surface area contributed by atoms with Gasteiger partial charge in [-0.1, -0.05) is 46.3 Å². The van der Waals surface area contributed by atoms with E-state index in [1.165, 1.54) is 0 Å². The molecule has 3 rings (SSSR count). The Labute approximate surface area is 196 Å². The van der Waals surface area contributed by atoms with Crippen molar-refractivity contribution in [3.05, 3.63) is 94.0 Å². The van der Waals surface area contributed by atoms with Crippen LogP contribution in [-0.2, 0) is 9.53 Å². The first-order valence-corrected chi connectivity index (χ1v) is 11.0. The van der Waals surface area contributed by atoms with Gasteiger partial charge < -0.3 is 14.8 Å². The zero-order valence-corrected chi connectivity index (χ0v) is 19.5. The number of amides is 1. The highest BCUT2D eigenvalue weighted by atomic mass is 79.9. The van der Waals surface area contributed by atoms with E-state index in [1.54, 1.807) is 38.3 Å². The molecule has 166 valence electrons. The number of hydrogen-bond acceptors (Lipinski definition) is 5. The lowest BCUT2D eigenvalue weighted by atomic mass is 9.96. The molecule has 2 N–H and O–H groups in total. The predicted octanol–water partition coefficient (Wildman–Crippen LogP) is 4.95. The van der Waals surface area contributed by atoms with Crippen LogP contribution < -0.4 is 15.4 Å². The van der Waals surface area contributed by atoms with Gasteiger partial charge in [-0.05, 0) is 60.5 Å². The second-order valence-electron chi connectivity index (χ2n) is 6.94. The van der Waals surface area contributed by atoms with Crippen LogP contribution in [0.1, 0.15) is 34.5 Å². The number of methoxy groups -OCH3 is 1. The SMILES string of the molecule is CCOC(=O)CNC(c1ccccc1)c1cc(Br)ccc1NC(=O)c1ccc(OC)cc1. The fourth-order valence-electron chi connectivity index (χ4n) is 3.27. The Balaban J connectivity index is 1.92. The molecule has 1 unspecified atom stereocenters. The minimum atomic E-state index is -0.343. The summed E-state index contributed by atoms with van der Waals surface area (Å²) in [7, 11) is 1.58. The smallest absolute Gasteiger partial charge is 0.319 e. The summed E-state index contributed by atoms with van der Waals surface area (Å²) in [5.41, 5.74) is 2.92. The highest BCUT2D eigenvalue weighted by molar-refractivity contribution is 9.10. The number of carbonyl (C=O) groups excluding carboxylic acids is 2. The van der Waals surface area contributed by atoms with Gasteiger partial charge in [0.25, 0.3) is 5.91 Å². The average Bonchev–Trinajstić information content (AvgIpc) is 2.81. The molecule has 6 nitrogen and oxygen atoms in total. The van der Waals surface area contributed by atoms with Crippen molar-refractivity contribution in [2.45, 2.75) is 13.0 Å². The van der Waals surface area contributed by atoms with E-state index in [0.29, 0.717) is 23.6 Å². The van der Waals surface area contributed by atoms with E-state index < -0.39 is 0 Å². The van der Waals surface area contributed by atoms with Gasteiger partial charge in [-0.15, -0.1) is 0 Å². The van der Waals surface area contributed by atoms with Crippen LogP contribution in [0.2, 0.25) is 0 Å². The molecule has 0 heterocycles. The average molecular weight is 497 g/mol. The Bertz CT molecular complexity index is 1060. The number of nitrogens with one attached hydrogen (secondary N) is 2. The normalized spacial score (nSPS) is 11.5. The van der Waals surface area contributed by atoms with Crippen LogP contribution in [0.15, 0.2) is 77.3 Å². The van der Waals surface area contributed by atoms with Crippen molar-refractivity contribution in [2.75, 3.05) is 25.6 Å². The molecule has 0 aliphatic heterocycles. The van der Waals surface area contributed by atoms with Crippen LogP contribution in [0.5, 0.6) is 5.75 Å². The number of esters is 1. The Morgan fingerprint density at radius 1 is 1.00 bits per heavy atom. The van der Waals surface area contributed by atoms with Crippen molar-refractivity contribution in [1.82, 2.24) is 5.32 Å².